The van der Waals surface area contributed by atoms with Gasteiger partial charge >= 0.3 is 6.09 Å². The normalized spacial score (nSPS) is 20.2. The van der Waals surface area contributed by atoms with Gasteiger partial charge in [0.2, 0.25) is 0 Å². The first kappa shape index (κ1) is 15.6. The number of likely N-dealkylation sites (tertiary alicyclic amines) is 1. The van der Waals surface area contributed by atoms with Crippen molar-refractivity contribution in [3.63, 3.8) is 0 Å². The number of halogens is 1. The molecular weight excluding hydrogens is 358 g/mol. The predicted molar refractivity (Wildman–Crippen MR) is 90.0 cm³/mol. The zero-order valence-corrected chi connectivity index (χ0v) is 14.2. The number of rotatable bonds is 1. The van der Waals surface area contributed by atoms with Crippen molar-refractivity contribution >= 4 is 22.0 Å². The summed E-state index contributed by atoms with van der Waals surface area (Å²) in [5.74, 6) is 7.09. The maximum absolute atomic E-state index is 11.3. The summed E-state index contributed by atoms with van der Waals surface area (Å²) >= 11 is 3.39. The summed E-state index contributed by atoms with van der Waals surface area (Å²) < 4.78 is 1.01. The van der Waals surface area contributed by atoms with Crippen LogP contribution in [0, 0.1) is 17.8 Å². The molecule has 5 nitrogen and oxygen atoms in total. The van der Waals surface area contributed by atoms with Gasteiger partial charge in [-0.3, -0.25) is 4.90 Å². The molecule has 0 spiro atoms. The summed E-state index contributed by atoms with van der Waals surface area (Å²) in [5, 5.41) is 9.30. The zero-order valence-electron chi connectivity index (χ0n) is 12.6. The Kier molecular flexibility index (Phi) is 4.39. The number of carboxylic acid groups (broad SMARTS) is 1. The Balaban J connectivity index is 1.78. The molecule has 0 aliphatic carbocycles. The monoisotopic (exact) mass is 373 g/mol. The standard InChI is InChI=1S/C17H16BrN3O2/c1-11-8-15(21(10-11)17(22)23)16-19-9-14(20-16)7-4-12-2-5-13(18)6-3-12/h2-3,5-6,9,11,15H,8,10H2,1H3,(H,19,20)(H,22,23)/t11-,15-/m0/s1. The second-order valence-electron chi connectivity index (χ2n) is 5.73. The van der Waals surface area contributed by atoms with E-state index in [1.165, 1.54) is 4.90 Å². The smallest absolute Gasteiger partial charge is 0.407 e. The van der Waals surface area contributed by atoms with Crippen molar-refractivity contribution in [2.75, 3.05) is 6.54 Å². The lowest BCUT2D eigenvalue weighted by Gasteiger charge is -2.19. The minimum Gasteiger partial charge on any atom is -0.465 e. The fourth-order valence-electron chi connectivity index (χ4n) is 2.76. The molecule has 1 fully saturated rings. The largest absolute Gasteiger partial charge is 0.465 e. The number of imidazole rings is 1. The number of hydrogen-bond acceptors (Lipinski definition) is 2. The van der Waals surface area contributed by atoms with E-state index in [-0.39, 0.29) is 6.04 Å². The quantitative estimate of drug-likeness (QED) is 0.749. The van der Waals surface area contributed by atoms with Crippen LogP contribution < -0.4 is 0 Å². The first-order valence-electron chi connectivity index (χ1n) is 7.35. The third-order valence-electron chi connectivity index (χ3n) is 3.85. The van der Waals surface area contributed by atoms with Crippen LogP contribution in [0.15, 0.2) is 34.9 Å². The lowest BCUT2D eigenvalue weighted by Crippen LogP contribution is -2.29. The highest BCUT2D eigenvalue weighted by Gasteiger charge is 2.35. The van der Waals surface area contributed by atoms with Gasteiger partial charge in [-0.1, -0.05) is 28.8 Å². The van der Waals surface area contributed by atoms with E-state index in [0.717, 1.165) is 16.5 Å². The van der Waals surface area contributed by atoms with Crippen molar-refractivity contribution in [1.29, 1.82) is 0 Å². The van der Waals surface area contributed by atoms with Crippen molar-refractivity contribution in [3.8, 4) is 11.8 Å². The van der Waals surface area contributed by atoms with Gasteiger partial charge in [0.05, 0.1) is 12.2 Å². The van der Waals surface area contributed by atoms with Crippen LogP contribution in [-0.2, 0) is 0 Å². The van der Waals surface area contributed by atoms with E-state index < -0.39 is 6.09 Å². The number of aromatic amines is 1. The van der Waals surface area contributed by atoms with E-state index >= 15 is 0 Å². The Morgan fingerprint density at radius 3 is 2.83 bits per heavy atom. The Hall–Kier alpha value is -2.26. The van der Waals surface area contributed by atoms with Crippen LogP contribution in [0.25, 0.3) is 0 Å². The molecule has 0 radical (unpaired) electrons. The zero-order chi connectivity index (χ0) is 16.4. The van der Waals surface area contributed by atoms with E-state index in [2.05, 4.69) is 37.7 Å². The van der Waals surface area contributed by atoms with Crippen LogP contribution in [-0.4, -0.2) is 32.6 Å². The van der Waals surface area contributed by atoms with Crippen molar-refractivity contribution in [2.45, 2.75) is 19.4 Å². The minimum atomic E-state index is -0.904. The summed E-state index contributed by atoms with van der Waals surface area (Å²) in [6.45, 7) is 2.59. The Labute approximate surface area is 142 Å². The molecule has 2 atom stereocenters. The average Bonchev–Trinajstić information content (AvgIpc) is 3.13. The van der Waals surface area contributed by atoms with Gasteiger partial charge in [0.25, 0.3) is 0 Å². The van der Waals surface area contributed by atoms with Crippen LogP contribution in [0.4, 0.5) is 4.79 Å². The van der Waals surface area contributed by atoms with E-state index in [1.54, 1.807) is 6.20 Å². The fourth-order valence-corrected chi connectivity index (χ4v) is 3.02. The van der Waals surface area contributed by atoms with Crippen LogP contribution in [0.2, 0.25) is 0 Å². The molecule has 2 heterocycles. The second kappa shape index (κ2) is 6.47. The molecule has 1 aromatic heterocycles. The van der Waals surface area contributed by atoms with Crippen LogP contribution in [0.1, 0.15) is 36.5 Å². The number of carbonyl (C=O) groups is 1. The summed E-state index contributed by atoms with van der Waals surface area (Å²) in [7, 11) is 0. The highest BCUT2D eigenvalue weighted by atomic mass is 79.9. The van der Waals surface area contributed by atoms with E-state index in [1.807, 2.05) is 31.2 Å². The Morgan fingerprint density at radius 1 is 1.39 bits per heavy atom. The van der Waals surface area contributed by atoms with Gasteiger partial charge in [0.1, 0.15) is 11.5 Å². The molecule has 118 valence electrons. The number of amides is 1. The summed E-state index contributed by atoms with van der Waals surface area (Å²) in [6.07, 6.45) is 1.53. The predicted octanol–water partition coefficient (Wildman–Crippen LogP) is 3.63. The third kappa shape index (κ3) is 3.57. The van der Waals surface area contributed by atoms with Crippen LogP contribution in [0.3, 0.4) is 0 Å². The maximum atomic E-state index is 11.3. The third-order valence-corrected chi connectivity index (χ3v) is 4.38. The molecule has 2 N–H and O–H groups in total. The molecule has 2 aromatic rings. The molecule has 0 saturated carbocycles. The van der Waals surface area contributed by atoms with Gasteiger partial charge in [0.15, 0.2) is 0 Å². The average molecular weight is 374 g/mol. The lowest BCUT2D eigenvalue weighted by molar-refractivity contribution is 0.138. The van der Waals surface area contributed by atoms with Gasteiger partial charge < -0.3 is 10.1 Å². The van der Waals surface area contributed by atoms with Crippen molar-refractivity contribution in [1.82, 2.24) is 14.9 Å². The molecule has 1 amide bonds. The fraction of sp³-hybridized carbons (Fsp3) is 0.294. The van der Waals surface area contributed by atoms with E-state index in [9.17, 15) is 9.90 Å². The van der Waals surface area contributed by atoms with Crippen molar-refractivity contribution < 1.29 is 9.90 Å². The second-order valence-corrected chi connectivity index (χ2v) is 6.65. The topological polar surface area (TPSA) is 69.2 Å². The maximum Gasteiger partial charge on any atom is 0.407 e. The lowest BCUT2D eigenvalue weighted by atomic mass is 10.1. The highest BCUT2D eigenvalue weighted by Crippen LogP contribution is 2.33. The first-order valence-corrected chi connectivity index (χ1v) is 8.14. The number of aromatic nitrogens is 2. The minimum absolute atomic E-state index is 0.217. The van der Waals surface area contributed by atoms with Gasteiger partial charge in [-0.05, 0) is 42.5 Å². The Morgan fingerprint density at radius 2 is 2.13 bits per heavy atom. The molecular formula is C17H16BrN3O2. The number of H-pyrrole nitrogens is 1. The van der Waals surface area contributed by atoms with E-state index in [4.69, 9.17) is 0 Å². The number of nitrogens with zero attached hydrogens (tertiary/aromatic N) is 2. The summed E-state index contributed by atoms with van der Waals surface area (Å²) in [5.41, 5.74) is 1.60. The SMILES string of the molecule is C[C@H]1C[C@@H](c2ncc(C#Cc3ccc(Br)cc3)[nH]2)N(C(=O)O)C1. The van der Waals surface area contributed by atoms with Crippen molar-refractivity contribution in [2.24, 2.45) is 5.92 Å². The molecule has 23 heavy (non-hydrogen) atoms. The molecule has 1 aliphatic heterocycles. The van der Waals surface area contributed by atoms with Gasteiger partial charge in [-0.15, -0.1) is 0 Å². The molecule has 1 aliphatic rings. The van der Waals surface area contributed by atoms with Gasteiger partial charge in [-0.25, -0.2) is 9.78 Å². The van der Waals surface area contributed by atoms with Crippen molar-refractivity contribution in [3.05, 3.63) is 52.0 Å². The molecule has 0 unspecified atom stereocenters. The molecule has 3 rings (SSSR count). The summed E-state index contributed by atoms with van der Waals surface area (Å²) in [6, 6.07) is 7.52. The molecule has 1 aromatic carbocycles. The van der Waals surface area contributed by atoms with Crippen LogP contribution >= 0.6 is 15.9 Å². The molecule has 1 saturated heterocycles. The number of benzene rings is 1. The number of nitrogens with one attached hydrogen (secondary N) is 1. The van der Waals surface area contributed by atoms with Gasteiger partial charge in [0, 0.05) is 16.6 Å². The first-order chi connectivity index (χ1) is 11.0. The summed E-state index contributed by atoms with van der Waals surface area (Å²) in [4.78, 5) is 20.2. The van der Waals surface area contributed by atoms with E-state index in [0.29, 0.717) is 24.0 Å². The van der Waals surface area contributed by atoms with Crippen LogP contribution in [0.5, 0.6) is 0 Å². The number of hydrogen-bond donors (Lipinski definition) is 2. The Bertz CT molecular complexity index is 773. The molecule has 6 heteroatoms. The highest BCUT2D eigenvalue weighted by molar-refractivity contribution is 9.10. The van der Waals surface area contributed by atoms with Gasteiger partial charge in [-0.2, -0.15) is 0 Å². The molecule has 0 bridgehead atoms.